The fourth-order valence-corrected chi connectivity index (χ4v) is 3.76. The Hall–Kier alpha value is -3.97. The standard InChI is InChI=1S/C24H21F3N6O/c1-15-2-3-16(23(34)32-19-4-5-30-21(12-19)24(25,26)27)11-20(15)18-10-17(13-28)22(31-14-18)33-8-6-29-7-9-33/h2-5,10-12,14,29H,6-9H2,1H3,(H,30,32,34). The summed E-state index contributed by atoms with van der Waals surface area (Å²) >= 11 is 0. The molecule has 0 radical (unpaired) electrons. The highest BCUT2D eigenvalue weighted by atomic mass is 19.4. The molecule has 1 saturated heterocycles. The van der Waals surface area contributed by atoms with Crippen LogP contribution in [0.5, 0.6) is 0 Å². The molecule has 0 saturated carbocycles. The fraction of sp³-hybridized carbons (Fsp3) is 0.250. The maximum atomic E-state index is 12.9. The van der Waals surface area contributed by atoms with Gasteiger partial charge in [0.2, 0.25) is 0 Å². The lowest BCUT2D eigenvalue weighted by Gasteiger charge is -2.29. The quantitative estimate of drug-likeness (QED) is 0.604. The molecule has 174 valence electrons. The number of benzene rings is 1. The van der Waals surface area contributed by atoms with Crippen molar-refractivity contribution in [3.05, 3.63) is 71.2 Å². The Morgan fingerprint density at radius 1 is 1.15 bits per heavy atom. The van der Waals surface area contributed by atoms with Crippen molar-refractivity contribution in [2.75, 3.05) is 36.4 Å². The zero-order valence-electron chi connectivity index (χ0n) is 18.3. The molecule has 0 atom stereocenters. The van der Waals surface area contributed by atoms with E-state index in [4.69, 9.17) is 0 Å². The van der Waals surface area contributed by atoms with E-state index in [1.807, 2.05) is 6.92 Å². The number of pyridine rings is 2. The van der Waals surface area contributed by atoms with Crippen molar-refractivity contribution < 1.29 is 18.0 Å². The van der Waals surface area contributed by atoms with E-state index in [-0.39, 0.29) is 11.3 Å². The summed E-state index contributed by atoms with van der Waals surface area (Å²) in [6.07, 6.45) is -1.95. The van der Waals surface area contributed by atoms with E-state index >= 15 is 0 Å². The monoisotopic (exact) mass is 466 g/mol. The van der Waals surface area contributed by atoms with Crippen molar-refractivity contribution in [1.29, 1.82) is 5.26 Å². The summed E-state index contributed by atoms with van der Waals surface area (Å²) in [6, 6.07) is 11.0. The predicted octanol–water partition coefficient (Wildman–Crippen LogP) is 4.00. The van der Waals surface area contributed by atoms with Crippen LogP contribution in [0.25, 0.3) is 11.1 Å². The molecule has 0 spiro atoms. The van der Waals surface area contributed by atoms with Gasteiger partial charge in [-0.3, -0.25) is 9.78 Å². The molecule has 4 rings (SSSR count). The van der Waals surface area contributed by atoms with Gasteiger partial charge in [-0.15, -0.1) is 0 Å². The Kier molecular flexibility index (Phi) is 6.47. The van der Waals surface area contributed by atoms with Crippen molar-refractivity contribution in [2.24, 2.45) is 0 Å². The zero-order chi connectivity index (χ0) is 24.3. The minimum absolute atomic E-state index is 0.0109. The molecule has 1 aliphatic rings. The van der Waals surface area contributed by atoms with E-state index in [0.29, 0.717) is 22.5 Å². The van der Waals surface area contributed by atoms with Gasteiger partial charge in [0.25, 0.3) is 5.91 Å². The van der Waals surface area contributed by atoms with Gasteiger partial charge in [-0.05, 0) is 48.4 Å². The second-order valence-electron chi connectivity index (χ2n) is 7.86. The number of carbonyl (C=O) groups excluding carboxylic acids is 1. The van der Waals surface area contributed by atoms with Crippen LogP contribution in [0.3, 0.4) is 0 Å². The SMILES string of the molecule is Cc1ccc(C(=O)Nc2ccnc(C(F)(F)F)c2)cc1-c1cnc(N2CCNCC2)c(C#N)c1. The fourth-order valence-electron chi connectivity index (χ4n) is 3.76. The molecule has 1 fully saturated rings. The number of aryl methyl sites for hydroxylation is 1. The van der Waals surface area contributed by atoms with Crippen molar-refractivity contribution >= 4 is 17.4 Å². The molecule has 10 heteroatoms. The lowest BCUT2D eigenvalue weighted by atomic mass is 9.98. The minimum Gasteiger partial charge on any atom is -0.353 e. The number of alkyl halides is 3. The largest absolute Gasteiger partial charge is 0.433 e. The van der Waals surface area contributed by atoms with Crippen LogP contribution in [0.2, 0.25) is 0 Å². The first-order valence-electron chi connectivity index (χ1n) is 10.6. The third-order valence-electron chi connectivity index (χ3n) is 5.52. The molecule has 0 unspecified atom stereocenters. The van der Waals surface area contributed by atoms with Gasteiger partial charge in [0.1, 0.15) is 17.6 Å². The summed E-state index contributed by atoms with van der Waals surface area (Å²) in [6.45, 7) is 4.99. The number of hydrogen-bond donors (Lipinski definition) is 2. The molecule has 7 nitrogen and oxygen atoms in total. The Morgan fingerprint density at radius 3 is 2.62 bits per heavy atom. The summed E-state index contributed by atoms with van der Waals surface area (Å²) in [5, 5.41) is 15.4. The molecular weight excluding hydrogens is 445 g/mol. The lowest BCUT2D eigenvalue weighted by molar-refractivity contribution is -0.141. The smallest absolute Gasteiger partial charge is 0.353 e. The van der Waals surface area contributed by atoms with E-state index in [1.165, 1.54) is 6.07 Å². The number of amides is 1. The molecular formula is C24H21F3N6O. The van der Waals surface area contributed by atoms with Gasteiger partial charge in [0.05, 0.1) is 5.56 Å². The molecule has 3 heterocycles. The van der Waals surface area contributed by atoms with Gasteiger partial charge in [-0.25, -0.2) is 4.98 Å². The summed E-state index contributed by atoms with van der Waals surface area (Å²) < 4.78 is 38.7. The summed E-state index contributed by atoms with van der Waals surface area (Å²) in [5.74, 6) is 0.0592. The summed E-state index contributed by atoms with van der Waals surface area (Å²) in [5.41, 5.74) is 1.83. The summed E-state index contributed by atoms with van der Waals surface area (Å²) in [7, 11) is 0. The van der Waals surface area contributed by atoms with Crippen molar-refractivity contribution in [1.82, 2.24) is 15.3 Å². The second-order valence-corrected chi connectivity index (χ2v) is 7.86. The third-order valence-corrected chi connectivity index (χ3v) is 5.52. The molecule has 1 amide bonds. The Bertz CT molecular complexity index is 1260. The molecule has 1 aromatic carbocycles. The molecule has 2 N–H and O–H groups in total. The van der Waals surface area contributed by atoms with Gasteiger partial charge >= 0.3 is 6.18 Å². The van der Waals surface area contributed by atoms with Crippen LogP contribution in [-0.2, 0) is 6.18 Å². The van der Waals surface area contributed by atoms with Crippen LogP contribution in [0.1, 0.15) is 27.2 Å². The van der Waals surface area contributed by atoms with E-state index in [9.17, 15) is 23.2 Å². The van der Waals surface area contributed by atoms with Gasteiger partial charge < -0.3 is 15.5 Å². The zero-order valence-corrected chi connectivity index (χ0v) is 18.3. The first-order valence-corrected chi connectivity index (χ1v) is 10.6. The molecule has 3 aromatic rings. The normalized spacial score (nSPS) is 13.9. The predicted molar refractivity (Wildman–Crippen MR) is 121 cm³/mol. The van der Waals surface area contributed by atoms with Crippen molar-refractivity contribution in [3.8, 4) is 17.2 Å². The number of nitrogens with zero attached hydrogens (tertiary/aromatic N) is 4. The van der Waals surface area contributed by atoms with Crippen LogP contribution in [0.4, 0.5) is 24.7 Å². The Morgan fingerprint density at radius 2 is 1.91 bits per heavy atom. The number of aromatic nitrogens is 2. The van der Waals surface area contributed by atoms with Crippen LogP contribution in [0, 0.1) is 18.3 Å². The van der Waals surface area contributed by atoms with Gasteiger partial charge in [-0.1, -0.05) is 6.07 Å². The number of carbonyl (C=O) groups is 1. The highest BCUT2D eigenvalue weighted by molar-refractivity contribution is 6.05. The number of hydrogen-bond acceptors (Lipinski definition) is 6. The maximum absolute atomic E-state index is 12.9. The van der Waals surface area contributed by atoms with E-state index < -0.39 is 17.8 Å². The number of halogens is 3. The summed E-state index contributed by atoms with van der Waals surface area (Å²) in [4.78, 5) is 22.6. The van der Waals surface area contributed by atoms with Crippen molar-refractivity contribution in [3.63, 3.8) is 0 Å². The molecule has 34 heavy (non-hydrogen) atoms. The Labute approximate surface area is 194 Å². The van der Waals surface area contributed by atoms with E-state index in [1.54, 1.807) is 30.5 Å². The average molecular weight is 466 g/mol. The van der Waals surface area contributed by atoms with Gasteiger partial charge in [0, 0.05) is 55.4 Å². The van der Waals surface area contributed by atoms with Gasteiger partial charge in [0.15, 0.2) is 0 Å². The second kappa shape index (κ2) is 9.49. The van der Waals surface area contributed by atoms with Crippen LogP contribution >= 0.6 is 0 Å². The average Bonchev–Trinajstić information content (AvgIpc) is 2.84. The molecule has 1 aliphatic heterocycles. The number of nitriles is 1. The molecule has 0 bridgehead atoms. The third kappa shape index (κ3) is 5.00. The molecule has 0 aliphatic carbocycles. The number of anilines is 2. The highest BCUT2D eigenvalue weighted by Crippen LogP contribution is 2.30. The number of rotatable bonds is 4. The van der Waals surface area contributed by atoms with E-state index in [0.717, 1.165) is 44.0 Å². The first kappa shape index (κ1) is 23.2. The van der Waals surface area contributed by atoms with Crippen molar-refractivity contribution in [2.45, 2.75) is 13.1 Å². The maximum Gasteiger partial charge on any atom is 0.433 e. The Balaban J connectivity index is 1.61. The molecule has 2 aromatic heterocycles. The lowest BCUT2D eigenvalue weighted by Crippen LogP contribution is -2.44. The number of piperazine rings is 1. The minimum atomic E-state index is -4.61. The van der Waals surface area contributed by atoms with Crippen LogP contribution < -0.4 is 15.5 Å². The topological polar surface area (TPSA) is 93.9 Å². The van der Waals surface area contributed by atoms with Crippen LogP contribution in [0.15, 0.2) is 48.8 Å². The van der Waals surface area contributed by atoms with Crippen LogP contribution in [-0.4, -0.2) is 42.1 Å². The number of nitrogens with one attached hydrogen (secondary N) is 2. The highest BCUT2D eigenvalue weighted by Gasteiger charge is 2.32. The van der Waals surface area contributed by atoms with E-state index in [2.05, 4.69) is 31.6 Å². The van der Waals surface area contributed by atoms with Gasteiger partial charge in [-0.2, -0.15) is 18.4 Å². The first-order chi connectivity index (χ1) is 16.3.